The number of aromatic nitrogens is 3. The molecule has 0 radical (unpaired) electrons. The summed E-state index contributed by atoms with van der Waals surface area (Å²) in [6.07, 6.45) is 1.55. The number of fused-ring (bicyclic) bond motifs is 1. The molecular formula is C17H17ClN4OS. The molecule has 3 aromatic rings. The average molecular weight is 361 g/mol. The maximum Gasteiger partial charge on any atom is 0.237 e. The molecule has 0 aliphatic carbocycles. The number of benzene rings is 1. The maximum atomic E-state index is 12.5. The quantitative estimate of drug-likeness (QED) is 0.678. The van der Waals surface area contributed by atoms with Crippen molar-refractivity contribution in [1.29, 1.82) is 0 Å². The lowest BCUT2D eigenvalue weighted by Gasteiger charge is -2.14. The Morgan fingerprint density at radius 1 is 1.33 bits per heavy atom. The van der Waals surface area contributed by atoms with E-state index < -0.39 is 0 Å². The number of hydrogen-bond acceptors (Lipinski definition) is 4. The Hall–Kier alpha value is -2.05. The molecular weight excluding hydrogens is 344 g/mol. The van der Waals surface area contributed by atoms with Crippen molar-refractivity contribution in [2.45, 2.75) is 31.2 Å². The molecule has 7 heteroatoms. The molecule has 124 valence electrons. The van der Waals surface area contributed by atoms with E-state index in [-0.39, 0.29) is 11.2 Å². The third-order valence-corrected chi connectivity index (χ3v) is 4.86. The van der Waals surface area contributed by atoms with E-state index in [1.165, 1.54) is 11.8 Å². The lowest BCUT2D eigenvalue weighted by atomic mass is 10.1. The number of aryl methyl sites for hydroxylation is 2. The molecule has 0 unspecified atom stereocenters. The molecule has 5 nitrogen and oxygen atoms in total. The van der Waals surface area contributed by atoms with Crippen LogP contribution in [0.25, 0.3) is 11.2 Å². The first-order chi connectivity index (χ1) is 11.4. The largest absolute Gasteiger partial charge is 0.331 e. The predicted octanol–water partition coefficient (Wildman–Crippen LogP) is 4.35. The van der Waals surface area contributed by atoms with Crippen molar-refractivity contribution in [3.05, 3.63) is 46.6 Å². The molecule has 0 spiro atoms. The fraction of sp³-hybridized carbons (Fsp3) is 0.235. The number of anilines is 1. The van der Waals surface area contributed by atoms with Crippen molar-refractivity contribution < 1.29 is 4.79 Å². The zero-order chi connectivity index (χ0) is 17.3. The molecule has 1 atom stereocenters. The highest BCUT2D eigenvalue weighted by Crippen LogP contribution is 2.26. The summed E-state index contributed by atoms with van der Waals surface area (Å²) in [6.45, 7) is 5.81. The number of carbonyl (C=O) groups excluding carboxylic acids is 1. The van der Waals surface area contributed by atoms with Gasteiger partial charge in [-0.2, -0.15) is 0 Å². The van der Waals surface area contributed by atoms with Gasteiger partial charge in [0, 0.05) is 11.9 Å². The molecule has 0 aliphatic heterocycles. The third-order valence-electron chi connectivity index (χ3n) is 3.67. The van der Waals surface area contributed by atoms with E-state index in [4.69, 9.17) is 11.6 Å². The lowest BCUT2D eigenvalue weighted by Crippen LogP contribution is -2.23. The monoisotopic (exact) mass is 360 g/mol. The molecule has 2 N–H and O–H groups in total. The predicted molar refractivity (Wildman–Crippen MR) is 98.8 cm³/mol. The van der Waals surface area contributed by atoms with Crippen LogP contribution in [0.2, 0.25) is 5.02 Å². The Morgan fingerprint density at radius 3 is 2.75 bits per heavy atom. The minimum atomic E-state index is -0.306. The van der Waals surface area contributed by atoms with Gasteiger partial charge in [0.25, 0.3) is 0 Å². The smallest absolute Gasteiger partial charge is 0.237 e. The van der Waals surface area contributed by atoms with Crippen molar-refractivity contribution in [2.75, 3.05) is 5.32 Å². The number of imidazole rings is 1. The molecule has 1 aromatic carbocycles. The molecule has 0 fully saturated rings. The second-order valence-corrected chi connectivity index (χ2v) is 7.35. The minimum absolute atomic E-state index is 0.0659. The van der Waals surface area contributed by atoms with Crippen LogP contribution in [0.5, 0.6) is 0 Å². The molecule has 1 amide bonds. The van der Waals surface area contributed by atoms with Crippen LogP contribution in [0.3, 0.4) is 0 Å². The van der Waals surface area contributed by atoms with Crippen molar-refractivity contribution in [3.8, 4) is 0 Å². The van der Waals surface area contributed by atoms with E-state index in [1.807, 2.05) is 39.0 Å². The van der Waals surface area contributed by atoms with E-state index in [1.54, 1.807) is 12.3 Å². The minimum Gasteiger partial charge on any atom is -0.331 e. The summed E-state index contributed by atoms with van der Waals surface area (Å²) in [7, 11) is 0. The van der Waals surface area contributed by atoms with Gasteiger partial charge >= 0.3 is 0 Å². The van der Waals surface area contributed by atoms with E-state index in [0.717, 1.165) is 22.3 Å². The van der Waals surface area contributed by atoms with Gasteiger partial charge in [-0.05, 0) is 38.0 Å². The van der Waals surface area contributed by atoms with Gasteiger partial charge in [0.05, 0.1) is 15.8 Å². The average Bonchev–Trinajstić information content (AvgIpc) is 2.92. The maximum absolute atomic E-state index is 12.5. The Bertz CT molecular complexity index is 888. The first-order valence-electron chi connectivity index (χ1n) is 7.49. The molecule has 2 aromatic heterocycles. The van der Waals surface area contributed by atoms with Crippen LogP contribution in [0.15, 0.2) is 35.6 Å². The van der Waals surface area contributed by atoms with Crippen LogP contribution in [-0.4, -0.2) is 26.1 Å². The van der Waals surface area contributed by atoms with Crippen LogP contribution >= 0.6 is 23.4 Å². The zero-order valence-corrected chi connectivity index (χ0v) is 15.1. The first-order valence-corrected chi connectivity index (χ1v) is 8.75. The van der Waals surface area contributed by atoms with Gasteiger partial charge in [-0.3, -0.25) is 4.79 Å². The van der Waals surface area contributed by atoms with Gasteiger partial charge in [-0.1, -0.05) is 41.6 Å². The van der Waals surface area contributed by atoms with Crippen molar-refractivity contribution >= 4 is 46.1 Å². The summed E-state index contributed by atoms with van der Waals surface area (Å²) < 4.78 is 0. The van der Waals surface area contributed by atoms with Gasteiger partial charge in [-0.25, -0.2) is 9.97 Å². The number of carbonyl (C=O) groups is 1. The number of nitrogens with zero attached hydrogens (tertiary/aromatic N) is 2. The number of aromatic amines is 1. The Balaban J connectivity index is 1.73. The topological polar surface area (TPSA) is 70.7 Å². The number of halogens is 1. The molecule has 24 heavy (non-hydrogen) atoms. The van der Waals surface area contributed by atoms with Crippen LogP contribution in [-0.2, 0) is 4.79 Å². The molecule has 0 aliphatic rings. The third kappa shape index (κ3) is 3.55. The van der Waals surface area contributed by atoms with Gasteiger partial charge in [0.2, 0.25) is 5.91 Å². The highest BCUT2D eigenvalue weighted by atomic mass is 35.5. The normalized spacial score (nSPS) is 12.3. The van der Waals surface area contributed by atoms with E-state index in [2.05, 4.69) is 20.3 Å². The summed E-state index contributed by atoms with van der Waals surface area (Å²) in [5.41, 5.74) is 4.30. The fourth-order valence-corrected chi connectivity index (χ4v) is 3.33. The number of rotatable bonds is 4. The van der Waals surface area contributed by atoms with Crippen LogP contribution in [0.4, 0.5) is 5.69 Å². The standard InChI is InChI=1S/C17H17ClN4OS/c1-9-5-4-6-10(2)14(9)21-16(23)11(3)24-17-20-13-7-12(18)8-19-15(13)22-17/h4-8,11H,1-3H3,(H,21,23)(H,19,20,22)/t11-/m1/s1. The Kier molecular flexibility index (Phi) is 4.78. The van der Waals surface area contributed by atoms with Gasteiger partial charge in [-0.15, -0.1) is 0 Å². The summed E-state index contributed by atoms with van der Waals surface area (Å²) in [6, 6.07) is 7.71. The second kappa shape index (κ2) is 6.83. The van der Waals surface area contributed by atoms with Crippen LogP contribution in [0, 0.1) is 13.8 Å². The summed E-state index contributed by atoms with van der Waals surface area (Å²) >= 11 is 7.28. The van der Waals surface area contributed by atoms with Crippen molar-refractivity contribution in [3.63, 3.8) is 0 Å². The number of para-hydroxylation sites is 1. The number of pyridine rings is 1. The van der Waals surface area contributed by atoms with Crippen LogP contribution < -0.4 is 5.32 Å². The highest BCUT2D eigenvalue weighted by molar-refractivity contribution is 8.00. The molecule has 0 saturated heterocycles. The van der Waals surface area contributed by atoms with Crippen molar-refractivity contribution in [2.24, 2.45) is 0 Å². The summed E-state index contributed by atoms with van der Waals surface area (Å²) in [5, 5.41) is 3.89. The first kappa shape index (κ1) is 16.8. The van der Waals surface area contributed by atoms with Crippen LogP contribution in [0.1, 0.15) is 18.1 Å². The van der Waals surface area contributed by atoms with E-state index in [9.17, 15) is 4.79 Å². The van der Waals surface area contributed by atoms with Gasteiger partial charge in [0.15, 0.2) is 10.8 Å². The fourth-order valence-electron chi connectivity index (χ4n) is 2.37. The Labute approximate surface area is 149 Å². The van der Waals surface area contributed by atoms with E-state index >= 15 is 0 Å². The Morgan fingerprint density at radius 2 is 2.04 bits per heavy atom. The SMILES string of the molecule is Cc1cccc(C)c1NC(=O)[C@@H](C)Sc1nc2ncc(Cl)cc2[nH]1. The van der Waals surface area contributed by atoms with Gasteiger partial charge < -0.3 is 10.3 Å². The molecule has 0 bridgehead atoms. The zero-order valence-electron chi connectivity index (χ0n) is 13.6. The number of amides is 1. The summed E-state index contributed by atoms with van der Waals surface area (Å²) in [5.74, 6) is -0.0659. The second-order valence-electron chi connectivity index (χ2n) is 5.58. The van der Waals surface area contributed by atoms with Crippen molar-refractivity contribution in [1.82, 2.24) is 15.0 Å². The lowest BCUT2D eigenvalue weighted by molar-refractivity contribution is -0.115. The molecule has 2 heterocycles. The number of nitrogens with one attached hydrogen (secondary N) is 2. The number of thioether (sulfide) groups is 1. The number of hydrogen-bond donors (Lipinski definition) is 2. The van der Waals surface area contributed by atoms with E-state index in [0.29, 0.717) is 15.8 Å². The highest BCUT2D eigenvalue weighted by Gasteiger charge is 2.18. The number of H-pyrrole nitrogens is 1. The molecule has 3 rings (SSSR count). The summed E-state index contributed by atoms with van der Waals surface area (Å²) in [4.78, 5) is 24.1. The molecule has 0 saturated carbocycles. The van der Waals surface area contributed by atoms with Gasteiger partial charge in [0.1, 0.15) is 0 Å².